The summed E-state index contributed by atoms with van der Waals surface area (Å²) in [7, 11) is 0. The van der Waals surface area contributed by atoms with Crippen molar-refractivity contribution in [2.75, 3.05) is 0 Å². The van der Waals surface area contributed by atoms with E-state index in [0.29, 0.717) is 10.9 Å². The van der Waals surface area contributed by atoms with Crippen LogP contribution in [0.2, 0.25) is 0 Å². The maximum absolute atomic E-state index is 12.0. The Kier molecular flexibility index (Phi) is 2.99. The van der Waals surface area contributed by atoms with Crippen molar-refractivity contribution in [2.24, 2.45) is 0 Å². The van der Waals surface area contributed by atoms with Gasteiger partial charge in [-0.25, -0.2) is 4.79 Å². The summed E-state index contributed by atoms with van der Waals surface area (Å²) in [5.74, 6) is -0.579. The third-order valence-corrected chi connectivity index (χ3v) is 3.51. The molecule has 0 spiro atoms. The van der Waals surface area contributed by atoms with Crippen LogP contribution in [0.15, 0.2) is 56.1 Å². The van der Waals surface area contributed by atoms with Gasteiger partial charge in [-0.05, 0) is 29.8 Å². The number of phenolic OH excluding ortho intramolecular Hbond substituents is 2. The molecule has 0 aliphatic carbocycles. The van der Waals surface area contributed by atoms with E-state index in [9.17, 15) is 15.0 Å². The monoisotopic (exact) mass is 332 g/mol. The minimum absolute atomic E-state index is 0.228. The maximum atomic E-state index is 12.0. The van der Waals surface area contributed by atoms with E-state index in [4.69, 9.17) is 4.42 Å². The second kappa shape index (κ2) is 4.68. The van der Waals surface area contributed by atoms with Crippen LogP contribution in [0, 0.1) is 0 Å². The largest absolute Gasteiger partial charge is 0.504 e. The number of hydrogen-bond acceptors (Lipinski definition) is 4. The summed E-state index contributed by atoms with van der Waals surface area (Å²) in [5.41, 5.74) is 0.850. The molecule has 0 unspecified atom stereocenters. The first-order chi connectivity index (χ1) is 9.54. The molecule has 1 heterocycles. The normalized spacial score (nSPS) is 10.8. The molecule has 100 valence electrons. The zero-order chi connectivity index (χ0) is 14.3. The number of rotatable bonds is 1. The van der Waals surface area contributed by atoms with E-state index in [0.717, 1.165) is 10.0 Å². The Morgan fingerprint density at radius 3 is 2.30 bits per heavy atom. The molecule has 5 heteroatoms. The Balaban J connectivity index is 2.26. The number of halogens is 1. The molecular formula is C15H9BrO4. The lowest BCUT2D eigenvalue weighted by Crippen LogP contribution is -2.02. The molecule has 0 saturated carbocycles. The second-order valence-corrected chi connectivity index (χ2v) is 5.25. The van der Waals surface area contributed by atoms with E-state index < -0.39 is 5.63 Å². The highest BCUT2D eigenvalue weighted by Crippen LogP contribution is 2.31. The van der Waals surface area contributed by atoms with E-state index in [1.165, 1.54) is 12.1 Å². The third-order valence-electron chi connectivity index (χ3n) is 2.98. The van der Waals surface area contributed by atoms with Crippen molar-refractivity contribution < 1.29 is 14.6 Å². The van der Waals surface area contributed by atoms with Crippen molar-refractivity contribution in [1.82, 2.24) is 0 Å². The third kappa shape index (κ3) is 2.16. The average molecular weight is 333 g/mol. The van der Waals surface area contributed by atoms with Crippen LogP contribution in [0.5, 0.6) is 11.5 Å². The molecule has 20 heavy (non-hydrogen) atoms. The smallest absolute Gasteiger partial charge is 0.344 e. The van der Waals surface area contributed by atoms with E-state index in [-0.39, 0.29) is 17.1 Å². The van der Waals surface area contributed by atoms with Gasteiger partial charge in [0.15, 0.2) is 11.5 Å². The van der Waals surface area contributed by atoms with Gasteiger partial charge in [-0.15, -0.1) is 0 Å². The highest BCUT2D eigenvalue weighted by atomic mass is 79.9. The van der Waals surface area contributed by atoms with Crippen molar-refractivity contribution in [3.63, 3.8) is 0 Å². The van der Waals surface area contributed by atoms with Crippen molar-refractivity contribution in [3.05, 3.63) is 57.4 Å². The molecule has 0 aliphatic heterocycles. The molecule has 0 amide bonds. The Morgan fingerprint density at radius 2 is 1.60 bits per heavy atom. The number of aromatic hydroxyl groups is 2. The first kappa shape index (κ1) is 12.7. The standard InChI is InChI=1S/C15H9BrO4/c16-10-3-1-8(2-4-10)11-5-9-6-12(17)13(18)7-14(9)20-15(11)19/h1-7,17-18H. The van der Waals surface area contributed by atoms with Gasteiger partial charge in [0.05, 0.1) is 5.56 Å². The fourth-order valence-corrected chi connectivity index (χ4v) is 2.24. The molecule has 0 fully saturated rings. The van der Waals surface area contributed by atoms with Gasteiger partial charge >= 0.3 is 5.63 Å². The molecule has 0 radical (unpaired) electrons. The van der Waals surface area contributed by atoms with Gasteiger partial charge in [0.2, 0.25) is 0 Å². The van der Waals surface area contributed by atoms with Crippen molar-refractivity contribution in [3.8, 4) is 22.6 Å². The van der Waals surface area contributed by atoms with E-state index in [2.05, 4.69) is 15.9 Å². The molecule has 0 atom stereocenters. The molecule has 2 aromatic carbocycles. The lowest BCUT2D eigenvalue weighted by molar-refractivity contribution is 0.403. The number of fused-ring (bicyclic) bond motifs is 1. The summed E-state index contributed by atoms with van der Waals surface area (Å²) in [6, 6.07) is 11.4. The van der Waals surface area contributed by atoms with Gasteiger partial charge in [-0.1, -0.05) is 28.1 Å². The first-order valence-electron chi connectivity index (χ1n) is 5.80. The topological polar surface area (TPSA) is 70.7 Å². The van der Waals surface area contributed by atoms with Crippen LogP contribution in [-0.2, 0) is 0 Å². The summed E-state index contributed by atoms with van der Waals surface area (Å²) in [6.07, 6.45) is 0. The van der Waals surface area contributed by atoms with E-state index >= 15 is 0 Å². The van der Waals surface area contributed by atoms with Crippen LogP contribution in [0.1, 0.15) is 0 Å². The number of phenols is 2. The Morgan fingerprint density at radius 1 is 0.950 bits per heavy atom. The Hall–Kier alpha value is -2.27. The highest BCUT2D eigenvalue weighted by molar-refractivity contribution is 9.10. The lowest BCUT2D eigenvalue weighted by Gasteiger charge is -2.04. The first-order valence-corrected chi connectivity index (χ1v) is 6.59. The SMILES string of the molecule is O=c1oc2cc(O)c(O)cc2cc1-c1ccc(Br)cc1. The predicted molar refractivity (Wildman–Crippen MR) is 78.9 cm³/mol. The van der Waals surface area contributed by atoms with E-state index in [1.807, 2.05) is 12.1 Å². The summed E-state index contributed by atoms with van der Waals surface area (Å²) in [6.45, 7) is 0. The highest BCUT2D eigenvalue weighted by Gasteiger charge is 2.10. The van der Waals surface area contributed by atoms with Gasteiger partial charge in [-0.3, -0.25) is 0 Å². The molecule has 2 N–H and O–H groups in total. The van der Waals surface area contributed by atoms with Gasteiger partial charge in [0.25, 0.3) is 0 Å². The molecule has 4 nitrogen and oxygen atoms in total. The fraction of sp³-hybridized carbons (Fsp3) is 0. The average Bonchev–Trinajstić information content (AvgIpc) is 2.41. The van der Waals surface area contributed by atoms with Crippen molar-refractivity contribution in [2.45, 2.75) is 0 Å². The van der Waals surface area contributed by atoms with Crippen LogP contribution in [0.25, 0.3) is 22.1 Å². The quantitative estimate of drug-likeness (QED) is 0.527. The Labute approximate surface area is 122 Å². The van der Waals surface area contributed by atoms with Crippen molar-refractivity contribution in [1.29, 1.82) is 0 Å². The van der Waals surface area contributed by atoms with Gasteiger partial charge in [0, 0.05) is 15.9 Å². The van der Waals surface area contributed by atoms with Gasteiger partial charge in [0.1, 0.15) is 5.58 Å². The van der Waals surface area contributed by atoms with Crippen molar-refractivity contribution >= 4 is 26.9 Å². The minimum Gasteiger partial charge on any atom is -0.504 e. The lowest BCUT2D eigenvalue weighted by atomic mass is 10.1. The fourth-order valence-electron chi connectivity index (χ4n) is 1.97. The van der Waals surface area contributed by atoms with Crippen LogP contribution in [0.4, 0.5) is 0 Å². The summed E-state index contributed by atoms with van der Waals surface area (Å²) in [5, 5.41) is 19.5. The molecular weight excluding hydrogens is 324 g/mol. The minimum atomic E-state index is -0.495. The second-order valence-electron chi connectivity index (χ2n) is 4.33. The molecule has 1 aromatic heterocycles. The van der Waals surface area contributed by atoms with Crippen LogP contribution < -0.4 is 5.63 Å². The zero-order valence-corrected chi connectivity index (χ0v) is 11.7. The van der Waals surface area contributed by atoms with Crippen LogP contribution in [0.3, 0.4) is 0 Å². The molecule has 3 rings (SSSR count). The summed E-state index contributed by atoms with van der Waals surface area (Å²) in [4.78, 5) is 12.0. The number of hydrogen-bond donors (Lipinski definition) is 2. The summed E-state index contributed by atoms with van der Waals surface area (Å²) >= 11 is 3.33. The van der Waals surface area contributed by atoms with Crippen LogP contribution in [-0.4, -0.2) is 10.2 Å². The molecule has 3 aromatic rings. The Bertz CT molecular complexity index is 850. The van der Waals surface area contributed by atoms with Gasteiger partial charge < -0.3 is 14.6 Å². The van der Waals surface area contributed by atoms with Gasteiger partial charge in [-0.2, -0.15) is 0 Å². The molecule has 0 bridgehead atoms. The molecule has 0 aliphatic rings. The maximum Gasteiger partial charge on any atom is 0.344 e. The predicted octanol–water partition coefficient (Wildman–Crippen LogP) is 3.63. The van der Waals surface area contributed by atoms with Crippen LogP contribution >= 0.6 is 15.9 Å². The van der Waals surface area contributed by atoms with E-state index in [1.54, 1.807) is 18.2 Å². The molecule has 0 saturated heterocycles. The summed E-state index contributed by atoms with van der Waals surface area (Å²) < 4.78 is 6.09. The zero-order valence-electron chi connectivity index (χ0n) is 10.1. The number of benzene rings is 2.